The van der Waals surface area contributed by atoms with Gasteiger partial charge in [-0.3, -0.25) is 14.5 Å². The molecule has 41 heavy (non-hydrogen) atoms. The van der Waals surface area contributed by atoms with Crippen LogP contribution in [0.1, 0.15) is 69.2 Å². The van der Waals surface area contributed by atoms with E-state index in [0.29, 0.717) is 17.3 Å². The third-order valence-electron chi connectivity index (χ3n) is 6.86. The fraction of sp³-hybridized carbons (Fsp3) is 0.452. The molecule has 0 saturated heterocycles. The Kier molecular flexibility index (Phi) is 8.73. The number of fused-ring (bicyclic) bond motifs is 1. The third-order valence-corrected chi connectivity index (χ3v) is 8.10. The number of nitrogens with zero attached hydrogens (tertiary/aromatic N) is 3. The van der Waals surface area contributed by atoms with Crippen LogP contribution >= 0.6 is 11.8 Å². The molecule has 1 unspecified atom stereocenters. The maximum atomic E-state index is 13.8. The van der Waals surface area contributed by atoms with Crippen molar-refractivity contribution in [2.45, 2.75) is 64.3 Å². The van der Waals surface area contributed by atoms with Gasteiger partial charge >= 0.3 is 0 Å². The average Bonchev–Trinajstić information content (AvgIpc) is 3.27. The molecule has 0 aliphatic carbocycles. The number of halogens is 1. The van der Waals surface area contributed by atoms with Crippen molar-refractivity contribution in [1.82, 2.24) is 15.1 Å². The van der Waals surface area contributed by atoms with Gasteiger partial charge in [-0.2, -0.15) is 5.10 Å². The van der Waals surface area contributed by atoms with E-state index in [2.05, 4.69) is 26.1 Å². The van der Waals surface area contributed by atoms with Crippen LogP contribution in [0, 0.1) is 5.82 Å². The predicted octanol–water partition coefficient (Wildman–Crippen LogP) is 5.58. The second kappa shape index (κ2) is 11.8. The van der Waals surface area contributed by atoms with Crippen molar-refractivity contribution in [3.8, 4) is 11.5 Å². The highest BCUT2D eigenvalue weighted by atomic mass is 32.2. The highest BCUT2D eigenvalue weighted by Gasteiger charge is 2.42. The normalized spacial score (nSPS) is 15.8. The minimum absolute atomic E-state index is 0.151. The molecule has 8 nitrogen and oxygen atoms in total. The SMILES string of the molecule is COc1ccc(OC)c(C2SCC(=O)N(CC(=O)NCc3ccc(F)cc3)c3c2c(C(C)(C)C)nn3C(C)(C)C)c1. The number of benzene rings is 2. The minimum Gasteiger partial charge on any atom is -0.497 e. The Balaban J connectivity index is 1.85. The van der Waals surface area contributed by atoms with Crippen LogP contribution in [0.5, 0.6) is 11.5 Å². The number of amides is 2. The summed E-state index contributed by atoms with van der Waals surface area (Å²) in [6.07, 6.45) is 0. The number of hydrogen-bond acceptors (Lipinski definition) is 6. The van der Waals surface area contributed by atoms with Gasteiger partial charge < -0.3 is 14.8 Å². The monoisotopic (exact) mass is 582 g/mol. The first kappa shape index (κ1) is 30.4. The van der Waals surface area contributed by atoms with Crippen LogP contribution in [-0.2, 0) is 27.1 Å². The first-order chi connectivity index (χ1) is 19.2. The molecule has 1 aromatic heterocycles. The number of nitrogens with one attached hydrogen (secondary N) is 1. The largest absolute Gasteiger partial charge is 0.497 e. The molecule has 4 rings (SSSR count). The van der Waals surface area contributed by atoms with Gasteiger partial charge in [-0.25, -0.2) is 9.07 Å². The van der Waals surface area contributed by atoms with Crippen molar-refractivity contribution in [3.05, 3.63) is 70.7 Å². The van der Waals surface area contributed by atoms with E-state index in [4.69, 9.17) is 14.6 Å². The van der Waals surface area contributed by atoms with E-state index < -0.39 is 5.54 Å². The molecule has 2 aromatic carbocycles. The summed E-state index contributed by atoms with van der Waals surface area (Å²) in [6.45, 7) is 12.4. The Hall–Kier alpha value is -3.53. The molecule has 1 N–H and O–H groups in total. The standard InChI is InChI=1S/C31H39FN4O4S/c1-30(2,3)28-26-27(22-15-21(39-7)13-14-23(22)40-8)41-18-25(38)35(29(26)36(34-28)31(4,5)6)17-24(37)33-16-19-9-11-20(32)12-10-19/h9-15,27H,16-18H2,1-8H3,(H,33,37). The fourth-order valence-electron chi connectivity index (χ4n) is 4.83. The molecule has 0 saturated carbocycles. The van der Waals surface area contributed by atoms with E-state index in [1.807, 2.05) is 43.7 Å². The summed E-state index contributed by atoms with van der Waals surface area (Å²) in [4.78, 5) is 28.6. The van der Waals surface area contributed by atoms with Crippen molar-refractivity contribution in [2.75, 3.05) is 31.4 Å². The average molecular weight is 583 g/mol. The number of carbonyl (C=O) groups excluding carboxylic acids is 2. The van der Waals surface area contributed by atoms with E-state index in [9.17, 15) is 14.0 Å². The van der Waals surface area contributed by atoms with E-state index in [0.717, 1.165) is 22.4 Å². The van der Waals surface area contributed by atoms with Crippen molar-refractivity contribution < 1.29 is 23.5 Å². The zero-order valence-electron chi connectivity index (χ0n) is 25.0. The lowest BCUT2D eigenvalue weighted by atomic mass is 9.87. The first-order valence-electron chi connectivity index (χ1n) is 13.5. The lowest BCUT2D eigenvalue weighted by Crippen LogP contribution is -2.43. The van der Waals surface area contributed by atoms with Gasteiger partial charge in [-0.15, -0.1) is 11.8 Å². The molecule has 0 radical (unpaired) electrons. The Labute approximate surface area is 245 Å². The lowest BCUT2D eigenvalue weighted by Gasteiger charge is -2.29. The van der Waals surface area contributed by atoms with Crippen LogP contribution in [0.2, 0.25) is 0 Å². The van der Waals surface area contributed by atoms with Crippen molar-refractivity contribution >= 4 is 29.4 Å². The zero-order valence-corrected chi connectivity index (χ0v) is 25.8. The Morgan fingerprint density at radius 1 is 1.07 bits per heavy atom. The van der Waals surface area contributed by atoms with Crippen molar-refractivity contribution in [1.29, 1.82) is 0 Å². The zero-order chi connectivity index (χ0) is 30.1. The maximum Gasteiger partial charge on any atom is 0.240 e. The van der Waals surface area contributed by atoms with Crippen LogP contribution in [0.4, 0.5) is 10.2 Å². The molecular weight excluding hydrogens is 543 g/mol. The second-order valence-electron chi connectivity index (χ2n) is 12.1. The molecule has 2 amide bonds. The van der Waals surface area contributed by atoms with Crippen molar-refractivity contribution in [3.63, 3.8) is 0 Å². The maximum absolute atomic E-state index is 13.8. The fourth-order valence-corrected chi connectivity index (χ4v) is 6.05. The summed E-state index contributed by atoms with van der Waals surface area (Å²) < 4.78 is 26.5. The highest BCUT2D eigenvalue weighted by molar-refractivity contribution is 8.00. The molecule has 1 atom stereocenters. The summed E-state index contributed by atoms with van der Waals surface area (Å²) >= 11 is 1.49. The second-order valence-corrected chi connectivity index (χ2v) is 13.2. The number of carbonyl (C=O) groups is 2. The Morgan fingerprint density at radius 2 is 1.76 bits per heavy atom. The number of rotatable bonds is 7. The molecule has 220 valence electrons. The molecular formula is C31H39FN4O4S. The van der Waals surface area contributed by atoms with Gasteiger partial charge in [-0.1, -0.05) is 32.9 Å². The molecule has 10 heteroatoms. The Morgan fingerprint density at radius 3 is 2.34 bits per heavy atom. The molecule has 1 aliphatic rings. The van der Waals surface area contributed by atoms with Crippen LogP contribution < -0.4 is 19.7 Å². The summed E-state index contributed by atoms with van der Waals surface area (Å²) in [7, 11) is 3.24. The summed E-state index contributed by atoms with van der Waals surface area (Å²) in [6, 6.07) is 11.6. The number of ether oxygens (including phenoxy) is 2. The molecule has 2 heterocycles. The van der Waals surface area contributed by atoms with Gasteiger partial charge in [0.1, 0.15) is 29.7 Å². The quantitative estimate of drug-likeness (QED) is 0.392. The molecule has 1 aliphatic heterocycles. The first-order valence-corrected chi connectivity index (χ1v) is 14.6. The van der Waals surface area contributed by atoms with Crippen LogP contribution in [0.15, 0.2) is 42.5 Å². The molecule has 0 bridgehead atoms. The van der Waals surface area contributed by atoms with Gasteiger partial charge in [0.25, 0.3) is 0 Å². The highest BCUT2D eigenvalue weighted by Crippen LogP contribution is 2.51. The minimum atomic E-state index is -0.491. The van der Waals surface area contributed by atoms with Gasteiger partial charge in [0.15, 0.2) is 0 Å². The van der Waals surface area contributed by atoms with E-state index in [1.54, 1.807) is 31.3 Å². The Bertz CT molecular complexity index is 1420. The predicted molar refractivity (Wildman–Crippen MR) is 160 cm³/mol. The van der Waals surface area contributed by atoms with Gasteiger partial charge in [0, 0.05) is 23.1 Å². The number of aromatic nitrogens is 2. The topological polar surface area (TPSA) is 85.7 Å². The third kappa shape index (κ3) is 6.53. The van der Waals surface area contributed by atoms with Gasteiger partial charge in [-0.05, 0) is 56.7 Å². The number of methoxy groups -OCH3 is 2. The van der Waals surface area contributed by atoms with Crippen LogP contribution in [0.3, 0.4) is 0 Å². The number of hydrogen-bond donors (Lipinski definition) is 1. The van der Waals surface area contributed by atoms with E-state index >= 15 is 0 Å². The van der Waals surface area contributed by atoms with E-state index in [1.165, 1.54) is 23.9 Å². The van der Waals surface area contributed by atoms with Gasteiger partial charge in [0.05, 0.1) is 36.5 Å². The number of anilines is 1. The van der Waals surface area contributed by atoms with Crippen LogP contribution in [0.25, 0.3) is 0 Å². The van der Waals surface area contributed by atoms with E-state index in [-0.39, 0.29) is 47.1 Å². The van der Waals surface area contributed by atoms with Crippen molar-refractivity contribution in [2.24, 2.45) is 0 Å². The molecule has 3 aromatic rings. The molecule has 0 fully saturated rings. The molecule has 0 spiro atoms. The lowest BCUT2D eigenvalue weighted by molar-refractivity contribution is -0.123. The van der Waals surface area contributed by atoms with Gasteiger partial charge in [0.2, 0.25) is 11.8 Å². The number of thioether (sulfide) groups is 1. The smallest absolute Gasteiger partial charge is 0.240 e. The summed E-state index contributed by atoms with van der Waals surface area (Å²) in [5.41, 5.74) is 2.49. The summed E-state index contributed by atoms with van der Waals surface area (Å²) in [5.74, 6) is 1.25. The summed E-state index contributed by atoms with van der Waals surface area (Å²) in [5, 5.41) is 7.69. The van der Waals surface area contributed by atoms with Crippen LogP contribution in [-0.4, -0.2) is 48.1 Å².